The highest BCUT2D eigenvalue weighted by Crippen LogP contribution is 2.41. The molecular formula is C14H13Cl2N3. The van der Waals surface area contributed by atoms with Crippen molar-refractivity contribution in [3.05, 3.63) is 39.6 Å². The molecule has 5 heteroatoms. The maximum atomic E-state index is 6.27. The SMILES string of the molecule is Cc1c(N)nc(C2CC2)nc1-c1cccc(Cl)c1Cl. The molecular weight excluding hydrogens is 281 g/mol. The first kappa shape index (κ1) is 12.7. The second-order valence-electron chi connectivity index (χ2n) is 4.82. The Morgan fingerprint density at radius 3 is 2.63 bits per heavy atom. The third-order valence-electron chi connectivity index (χ3n) is 3.35. The summed E-state index contributed by atoms with van der Waals surface area (Å²) < 4.78 is 0. The summed E-state index contributed by atoms with van der Waals surface area (Å²) in [5.74, 6) is 1.77. The molecule has 3 nitrogen and oxygen atoms in total. The van der Waals surface area contributed by atoms with Crippen molar-refractivity contribution in [1.82, 2.24) is 9.97 Å². The Bertz CT molecular complexity index is 651. The van der Waals surface area contributed by atoms with E-state index < -0.39 is 0 Å². The van der Waals surface area contributed by atoms with Crippen LogP contribution in [0.4, 0.5) is 5.82 Å². The topological polar surface area (TPSA) is 51.8 Å². The van der Waals surface area contributed by atoms with Crippen LogP contribution in [0.15, 0.2) is 18.2 Å². The molecule has 0 spiro atoms. The standard InChI is InChI=1S/C14H13Cl2N3/c1-7-12(9-3-2-4-10(15)11(9)16)18-14(8-5-6-8)19-13(7)17/h2-4,8H,5-6H2,1H3,(H2,17,18,19). The van der Waals surface area contributed by atoms with Crippen LogP contribution in [0.1, 0.15) is 30.1 Å². The van der Waals surface area contributed by atoms with Gasteiger partial charge < -0.3 is 5.73 Å². The van der Waals surface area contributed by atoms with Crippen LogP contribution in [-0.4, -0.2) is 9.97 Å². The largest absolute Gasteiger partial charge is 0.383 e. The number of benzene rings is 1. The first-order valence-corrected chi connectivity index (χ1v) is 6.92. The van der Waals surface area contributed by atoms with Gasteiger partial charge in [0.15, 0.2) is 0 Å². The third-order valence-corrected chi connectivity index (χ3v) is 4.17. The average molecular weight is 294 g/mol. The first-order valence-electron chi connectivity index (χ1n) is 6.16. The summed E-state index contributed by atoms with van der Waals surface area (Å²) in [5.41, 5.74) is 8.41. The van der Waals surface area contributed by atoms with Gasteiger partial charge in [0.25, 0.3) is 0 Å². The van der Waals surface area contributed by atoms with Gasteiger partial charge in [-0.3, -0.25) is 0 Å². The van der Waals surface area contributed by atoms with E-state index in [1.54, 1.807) is 6.07 Å². The molecule has 2 aromatic rings. The number of halogens is 2. The van der Waals surface area contributed by atoms with Gasteiger partial charge in [0.05, 0.1) is 15.7 Å². The van der Waals surface area contributed by atoms with Crippen molar-refractivity contribution in [1.29, 1.82) is 0 Å². The number of hydrogen-bond acceptors (Lipinski definition) is 3. The van der Waals surface area contributed by atoms with Crippen molar-refractivity contribution >= 4 is 29.0 Å². The van der Waals surface area contributed by atoms with Crippen molar-refractivity contribution in [2.45, 2.75) is 25.7 Å². The zero-order valence-corrected chi connectivity index (χ0v) is 12.0. The van der Waals surface area contributed by atoms with Crippen LogP contribution in [0.5, 0.6) is 0 Å². The molecule has 2 N–H and O–H groups in total. The molecule has 0 aliphatic heterocycles. The summed E-state index contributed by atoms with van der Waals surface area (Å²) in [6, 6.07) is 5.52. The fraction of sp³-hybridized carbons (Fsp3) is 0.286. The highest BCUT2D eigenvalue weighted by atomic mass is 35.5. The average Bonchev–Trinajstić information content (AvgIpc) is 3.20. The van der Waals surface area contributed by atoms with Crippen LogP contribution in [0.3, 0.4) is 0 Å². The van der Waals surface area contributed by atoms with Gasteiger partial charge in [-0.25, -0.2) is 9.97 Å². The molecule has 1 aliphatic rings. The fourth-order valence-electron chi connectivity index (χ4n) is 2.02. The molecule has 0 atom stereocenters. The van der Waals surface area contributed by atoms with Crippen LogP contribution in [0.2, 0.25) is 10.0 Å². The summed E-state index contributed by atoms with van der Waals surface area (Å²) in [6.07, 6.45) is 2.26. The lowest BCUT2D eigenvalue weighted by molar-refractivity contribution is 0.928. The summed E-state index contributed by atoms with van der Waals surface area (Å²) in [4.78, 5) is 9.00. The van der Waals surface area contributed by atoms with Crippen molar-refractivity contribution in [2.24, 2.45) is 0 Å². The second kappa shape index (κ2) is 4.66. The van der Waals surface area contributed by atoms with E-state index in [1.165, 1.54) is 0 Å². The smallest absolute Gasteiger partial charge is 0.134 e. The molecule has 0 bridgehead atoms. The Hall–Kier alpha value is -1.32. The molecule has 0 amide bonds. The fourth-order valence-corrected chi connectivity index (χ4v) is 2.42. The van der Waals surface area contributed by atoms with Crippen LogP contribution in [0.25, 0.3) is 11.3 Å². The molecule has 1 fully saturated rings. The molecule has 1 aromatic heterocycles. The summed E-state index contributed by atoms with van der Waals surface area (Å²) in [6.45, 7) is 1.90. The molecule has 19 heavy (non-hydrogen) atoms. The van der Waals surface area contributed by atoms with Crippen LogP contribution < -0.4 is 5.73 Å². The van der Waals surface area contributed by atoms with E-state index in [4.69, 9.17) is 28.9 Å². The minimum Gasteiger partial charge on any atom is -0.383 e. The maximum Gasteiger partial charge on any atom is 0.134 e. The maximum absolute atomic E-state index is 6.27. The lowest BCUT2D eigenvalue weighted by atomic mass is 10.1. The Labute approximate surface area is 121 Å². The van der Waals surface area contributed by atoms with E-state index in [9.17, 15) is 0 Å². The first-order chi connectivity index (χ1) is 9.08. The van der Waals surface area contributed by atoms with Gasteiger partial charge in [0.2, 0.25) is 0 Å². The Kier molecular flexibility index (Phi) is 3.11. The van der Waals surface area contributed by atoms with Gasteiger partial charge in [0, 0.05) is 17.0 Å². The molecule has 98 valence electrons. The Balaban J connectivity index is 2.20. The number of nitrogens with zero attached hydrogens (tertiary/aromatic N) is 2. The third kappa shape index (κ3) is 2.28. The predicted octanol–water partition coefficient (Wildman–Crippen LogP) is 4.22. The number of nitrogens with two attached hydrogens (primary N) is 1. The number of nitrogen functional groups attached to an aromatic ring is 1. The lowest BCUT2D eigenvalue weighted by Gasteiger charge is -2.11. The minimum absolute atomic E-state index is 0.444. The molecule has 0 unspecified atom stereocenters. The monoisotopic (exact) mass is 293 g/mol. The quantitative estimate of drug-likeness (QED) is 0.902. The number of anilines is 1. The highest BCUT2D eigenvalue weighted by molar-refractivity contribution is 6.43. The van der Waals surface area contributed by atoms with Gasteiger partial charge in [-0.05, 0) is 25.8 Å². The van der Waals surface area contributed by atoms with E-state index >= 15 is 0 Å². The van der Waals surface area contributed by atoms with E-state index in [2.05, 4.69) is 9.97 Å². The Morgan fingerprint density at radius 2 is 1.95 bits per heavy atom. The van der Waals surface area contributed by atoms with Crippen molar-refractivity contribution in [3.8, 4) is 11.3 Å². The molecule has 1 aromatic carbocycles. The zero-order valence-electron chi connectivity index (χ0n) is 10.5. The summed E-state index contributed by atoms with van der Waals surface area (Å²) >= 11 is 12.3. The van der Waals surface area contributed by atoms with Gasteiger partial charge in [-0.1, -0.05) is 35.3 Å². The van der Waals surface area contributed by atoms with Crippen molar-refractivity contribution in [2.75, 3.05) is 5.73 Å². The molecule has 1 heterocycles. The number of rotatable bonds is 2. The molecule has 1 aliphatic carbocycles. The number of hydrogen-bond donors (Lipinski definition) is 1. The van der Waals surface area contributed by atoms with Gasteiger partial charge in [-0.2, -0.15) is 0 Å². The summed E-state index contributed by atoms with van der Waals surface area (Å²) in [5, 5.41) is 1.02. The van der Waals surface area contributed by atoms with Crippen molar-refractivity contribution < 1.29 is 0 Å². The van der Waals surface area contributed by atoms with E-state index in [1.807, 2.05) is 19.1 Å². The van der Waals surface area contributed by atoms with Crippen LogP contribution in [-0.2, 0) is 0 Å². The van der Waals surface area contributed by atoms with E-state index in [-0.39, 0.29) is 0 Å². The van der Waals surface area contributed by atoms with Gasteiger partial charge >= 0.3 is 0 Å². The van der Waals surface area contributed by atoms with E-state index in [0.29, 0.717) is 21.8 Å². The summed E-state index contributed by atoms with van der Waals surface area (Å²) in [7, 11) is 0. The molecule has 0 saturated heterocycles. The zero-order chi connectivity index (χ0) is 13.6. The van der Waals surface area contributed by atoms with Crippen LogP contribution >= 0.6 is 23.2 Å². The van der Waals surface area contributed by atoms with Crippen molar-refractivity contribution in [3.63, 3.8) is 0 Å². The Morgan fingerprint density at radius 1 is 1.21 bits per heavy atom. The normalized spacial score (nSPS) is 14.7. The van der Waals surface area contributed by atoms with Crippen LogP contribution in [0, 0.1) is 6.92 Å². The molecule has 3 rings (SSSR count). The predicted molar refractivity (Wildman–Crippen MR) is 78.6 cm³/mol. The van der Waals surface area contributed by atoms with Gasteiger partial charge in [0.1, 0.15) is 11.6 Å². The number of aromatic nitrogens is 2. The lowest BCUT2D eigenvalue weighted by Crippen LogP contribution is -2.04. The van der Waals surface area contributed by atoms with Gasteiger partial charge in [-0.15, -0.1) is 0 Å². The second-order valence-corrected chi connectivity index (χ2v) is 5.60. The molecule has 1 saturated carbocycles. The van der Waals surface area contributed by atoms with E-state index in [0.717, 1.165) is 35.5 Å². The minimum atomic E-state index is 0.444. The highest BCUT2D eigenvalue weighted by Gasteiger charge is 2.28. The molecule has 0 radical (unpaired) electrons.